The average Bonchev–Trinajstić information content (AvgIpc) is 3.04. The van der Waals surface area contributed by atoms with E-state index in [0.717, 1.165) is 5.56 Å². The molecule has 0 spiro atoms. The number of rotatable bonds is 4. The summed E-state index contributed by atoms with van der Waals surface area (Å²) < 4.78 is 40.3. The van der Waals surface area contributed by atoms with Crippen LogP contribution in [-0.2, 0) is 0 Å². The Balaban J connectivity index is 1.83. The van der Waals surface area contributed by atoms with Crippen LogP contribution in [0.25, 0.3) is 22.4 Å². The highest BCUT2D eigenvalue weighted by atomic mass is 19.4. The predicted molar refractivity (Wildman–Crippen MR) is 82.5 cm³/mol. The highest BCUT2D eigenvalue weighted by molar-refractivity contribution is 5.96. The van der Waals surface area contributed by atoms with Gasteiger partial charge in [-0.05, 0) is 23.3 Å². The van der Waals surface area contributed by atoms with E-state index in [4.69, 9.17) is 5.73 Å². The van der Waals surface area contributed by atoms with Gasteiger partial charge in [0.25, 0.3) is 5.91 Å². The Kier molecular flexibility index (Phi) is 4.14. The number of nitrogens with two attached hydrogens (primary N) is 1. The van der Waals surface area contributed by atoms with Crippen molar-refractivity contribution in [1.82, 2.24) is 15.4 Å². The summed E-state index contributed by atoms with van der Waals surface area (Å²) in [6.07, 6.45) is -4.72. The SMILES string of the molecule is NC(=O)c1n[nH]nc1-c1ccc(-c2ccc(OC(F)(F)F)cc2)cc1. The first-order chi connectivity index (χ1) is 11.8. The van der Waals surface area contributed by atoms with Crippen LogP contribution in [0.3, 0.4) is 0 Å². The summed E-state index contributed by atoms with van der Waals surface area (Å²) in [7, 11) is 0. The number of aromatic amines is 1. The molecule has 0 aliphatic carbocycles. The third-order valence-electron chi connectivity index (χ3n) is 3.36. The molecule has 0 aliphatic rings. The Labute approximate surface area is 139 Å². The fourth-order valence-electron chi connectivity index (χ4n) is 2.27. The lowest BCUT2D eigenvalue weighted by Crippen LogP contribution is -2.16. The number of aromatic nitrogens is 3. The van der Waals surface area contributed by atoms with Crippen molar-refractivity contribution in [3.63, 3.8) is 0 Å². The minimum Gasteiger partial charge on any atom is -0.406 e. The van der Waals surface area contributed by atoms with Gasteiger partial charge in [0, 0.05) is 5.56 Å². The zero-order chi connectivity index (χ0) is 18.0. The van der Waals surface area contributed by atoms with E-state index in [0.29, 0.717) is 16.8 Å². The molecule has 0 fully saturated rings. The van der Waals surface area contributed by atoms with Gasteiger partial charge in [-0.3, -0.25) is 4.79 Å². The van der Waals surface area contributed by atoms with Gasteiger partial charge in [0.2, 0.25) is 0 Å². The molecule has 9 heteroatoms. The zero-order valence-corrected chi connectivity index (χ0v) is 12.5. The van der Waals surface area contributed by atoms with Crippen LogP contribution in [0, 0.1) is 0 Å². The van der Waals surface area contributed by atoms with E-state index < -0.39 is 12.3 Å². The number of nitrogens with zero attached hydrogens (tertiary/aromatic N) is 2. The van der Waals surface area contributed by atoms with E-state index in [-0.39, 0.29) is 11.4 Å². The number of benzene rings is 2. The number of carbonyl (C=O) groups is 1. The van der Waals surface area contributed by atoms with Gasteiger partial charge in [0.1, 0.15) is 11.4 Å². The van der Waals surface area contributed by atoms with E-state index in [1.54, 1.807) is 24.3 Å². The molecule has 2 aromatic carbocycles. The zero-order valence-electron chi connectivity index (χ0n) is 12.5. The molecule has 3 aromatic rings. The number of carbonyl (C=O) groups excluding carboxylic acids is 1. The van der Waals surface area contributed by atoms with Crippen molar-refractivity contribution in [3.05, 3.63) is 54.2 Å². The fourth-order valence-corrected chi connectivity index (χ4v) is 2.27. The summed E-state index contributed by atoms with van der Waals surface area (Å²) in [6, 6.07) is 12.4. The Morgan fingerprint density at radius 2 is 1.44 bits per heavy atom. The third-order valence-corrected chi connectivity index (χ3v) is 3.36. The summed E-state index contributed by atoms with van der Waals surface area (Å²) in [6.45, 7) is 0. The second-order valence-electron chi connectivity index (χ2n) is 5.03. The molecule has 6 nitrogen and oxygen atoms in total. The molecule has 128 valence electrons. The lowest BCUT2D eigenvalue weighted by Gasteiger charge is -2.09. The number of amides is 1. The molecule has 0 unspecified atom stereocenters. The van der Waals surface area contributed by atoms with E-state index in [2.05, 4.69) is 20.1 Å². The first-order valence-electron chi connectivity index (χ1n) is 7.01. The molecule has 0 atom stereocenters. The number of primary amides is 1. The predicted octanol–water partition coefficient (Wildman–Crippen LogP) is 3.14. The summed E-state index contributed by atoms with van der Waals surface area (Å²) in [5.41, 5.74) is 7.68. The van der Waals surface area contributed by atoms with Crippen LogP contribution in [0.1, 0.15) is 10.5 Å². The minimum absolute atomic E-state index is 0.0291. The van der Waals surface area contributed by atoms with Crippen molar-refractivity contribution >= 4 is 5.91 Å². The summed E-state index contributed by atoms with van der Waals surface area (Å²) in [5.74, 6) is -0.991. The molecular weight excluding hydrogens is 337 g/mol. The number of ether oxygens (including phenoxy) is 1. The van der Waals surface area contributed by atoms with Crippen LogP contribution in [0.2, 0.25) is 0 Å². The van der Waals surface area contributed by atoms with Crippen molar-refractivity contribution in [1.29, 1.82) is 0 Å². The Morgan fingerprint density at radius 1 is 0.920 bits per heavy atom. The molecule has 1 heterocycles. The molecule has 0 saturated carbocycles. The summed E-state index contributed by atoms with van der Waals surface area (Å²) >= 11 is 0. The van der Waals surface area contributed by atoms with Crippen molar-refractivity contribution in [2.24, 2.45) is 5.73 Å². The molecule has 0 saturated heterocycles. The molecule has 0 radical (unpaired) electrons. The highest BCUT2D eigenvalue weighted by Gasteiger charge is 2.30. The highest BCUT2D eigenvalue weighted by Crippen LogP contribution is 2.28. The fraction of sp³-hybridized carbons (Fsp3) is 0.0625. The normalized spacial score (nSPS) is 11.3. The van der Waals surface area contributed by atoms with Crippen molar-refractivity contribution < 1.29 is 22.7 Å². The first kappa shape index (κ1) is 16.5. The average molecular weight is 348 g/mol. The molecule has 0 aliphatic heterocycles. The van der Waals surface area contributed by atoms with Crippen molar-refractivity contribution in [2.75, 3.05) is 0 Å². The summed E-state index contributed by atoms with van der Waals surface area (Å²) in [4.78, 5) is 11.3. The number of halogens is 3. The van der Waals surface area contributed by atoms with E-state index in [1.807, 2.05) is 0 Å². The maximum atomic E-state index is 12.2. The quantitative estimate of drug-likeness (QED) is 0.757. The van der Waals surface area contributed by atoms with Gasteiger partial charge in [-0.2, -0.15) is 15.4 Å². The number of hydrogen-bond acceptors (Lipinski definition) is 4. The molecular formula is C16H11F3N4O2. The lowest BCUT2D eigenvalue weighted by atomic mass is 10.0. The topological polar surface area (TPSA) is 93.9 Å². The van der Waals surface area contributed by atoms with Gasteiger partial charge >= 0.3 is 6.36 Å². The second kappa shape index (κ2) is 6.27. The van der Waals surface area contributed by atoms with E-state index >= 15 is 0 Å². The lowest BCUT2D eigenvalue weighted by molar-refractivity contribution is -0.274. The van der Waals surface area contributed by atoms with Crippen molar-refractivity contribution in [2.45, 2.75) is 6.36 Å². The summed E-state index contributed by atoms with van der Waals surface area (Å²) in [5, 5.41) is 9.93. The molecule has 1 amide bonds. The Morgan fingerprint density at radius 3 is 1.96 bits per heavy atom. The number of nitrogens with one attached hydrogen (secondary N) is 1. The number of hydrogen-bond donors (Lipinski definition) is 2. The number of H-pyrrole nitrogens is 1. The smallest absolute Gasteiger partial charge is 0.406 e. The van der Waals surface area contributed by atoms with Gasteiger partial charge in [-0.25, -0.2) is 0 Å². The van der Waals surface area contributed by atoms with Gasteiger partial charge in [-0.15, -0.1) is 13.2 Å². The third kappa shape index (κ3) is 3.77. The van der Waals surface area contributed by atoms with E-state index in [9.17, 15) is 18.0 Å². The first-order valence-corrected chi connectivity index (χ1v) is 7.01. The van der Waals surface area contributed by atoms with Gasteiger partial charge in [-0.1, -0.05) is 36.4 Å². The Bertz CT molecular complexity index is 887. The van der Waals surface area contributed by atoms with Crippen LogP contribution in [0.4, 0.5) is 13.2 Å². The maximum absolute atomic E-state index is 12.2. The van der Waals surface area contributed by atoms with Crippen LogP contribution >= 0.6 is 0 Å². The van der Waals surface area contributed by atoms with Crippen LogP contribution in [0.15, 0.2) is 48.5 Å². The van der Waals surface area contributed by atoms with Gasteiger partial charge < -0.3 is 10.5 Å². The van der Waals surface area contributed by atoms with Crippen LogP contribution in [-0.4, -0.2) is 27.7 Å². The molecule has 3 rings (SSSR count). The number of alkyl halides is 3. The van der Waals surface area contributed by atoms with Gasteiger partial charge in [0.15, 0.2) is 5.69 Å². The van der Waals surface area contributed by atoms with E-state index in [1.165, 1.54) is 24.3 Å². The molecule has 1 aromatic heterocycles. The molecule has 3 N–H and O–H groups in total. The standard InChI is InChI=1S/C16H11F3N4O2/c17-16(18,19)25-12-7-5-10(6-8-12)9-1-3-11(4-2-9)13-14(15(20)24)22-23-21-13/h1-8H,(H2,20,24)(H,21,22,23). The maximum Gasteiger partial charge on any atom is 0.573 e. The van der Waals surface area contributed by atoms with Crippen molar-refractivity contribution in [3.8, 4) is 28.1 Å². The molecule has 25 heavy (non-hydrogen) atoms. The largest absolute Gasteiger partial charge is 0.573 e. The van der Waals surface area contributed by atoms with Crippen LogP contribution in [0.5, 0.6) is 5.75 Å². The van der Waals surface area contributed by atoms with Crippen LogP contribution < -0.4 is 10.5 Å². The monoisotopic (exact) mass is 348 g/mol. The Hall–Kier alpha value is -3.36. The van der Waals surface area contributed by atoms with Gasteiger partial charge in [0.05, 0.1) is 0 Å². The molecule has 0 bridgehead atoms. The minimum atomic E-state index is -4.72. The second-order valence-corrected chi connectivity index (χ2v) is 5.03.